The van der Waals surface area contributed by atoms with E-state index in [-0.39, 0.29) is 5.91 Å². The van der Waals surface area contributed by atoms with Crippen LogP contribution in [0.15, 0.2) is 24.3 Å². The summed E-state index contributed by atoms with van der Waals surface area (Å²) in [4.78, 5) is 12.2. The van der Waals surface area contributed by atoms with E-state index in [0.717, 1.165) is 17.9 Å². The molecular weight excluding hydrogens is 310 g/mol. The van der Waals surface area contributed by atoms with Crippen molar-refractivity contribution in [2.75, 3.05) is 13.7 Å². The average molecular weight is 337 g/mol. The Hall–Kier alpha value is -1.36. The van der Waals surface area contributed by atoms with Crippen molar-refractivity contribution >= 4 is 16.7 Å². The minimum Gasteiger partial charge on any atom is -0.497 e. The average Bonchev–Trinajstić information content (AvgIpc) is 2.60. The van der Waals surface area contributed by atoms with Gasteiger partial charge in [0.05, 0.1) is 7.11 Å². The van der Waals surface area contributed by atoms with Crippen molar-refractivity contribution < 1.29 is 13.7 Å². The van der Waals surface area contributed by atoms with Crippen molar-refractivity contribution in [2.24, 2.45) is 5.92 Å². The highest BCUT2D eigenvalue weighted by molar-refractivity contribution is 7.85. The molecule has 5 heteroatoms. The summed E-state index contributed by atoms with van der Waals surface area (Å²) in [6.07, 6.45) is 6.23. The van der Waals surface area contributed by atoms with Gasteiger partial charge in [-0.05, 0) is 43.4 Å². The van der Waals surface area contributed by atoms with Gasteiger partial charge in [-0.3, -0.25) is 9.00 Å². The smallest absolute Gasteiger partial charge is 0.235 e. The first kappa shape index (κ1) is 18.0. The first-order chi connectivity index (χ1) is 11.1. The van der Waals surface area contributed by atoms with E-state index in [4.69, 9.17) is 4.74 Å². The summed E-state index contributed by atoms with van der Waals surface area (Å²) in [5.74, 6) is 1.60. The van der Waals surface area contributed by atoms with Crippen LogP contribution in [0.5, 0.6) is 5.75 Å². The second-order valence-electron chi connectivity index (χ2n) is 6.27. The van der Waals surface area contributed by atoms with Crippen molar-refractivity contribution in [3.8, 4) is 5.75 Å². The number of hydrogen-bond acceptors (Lipinski definition) is 3. The van der Waals surface area contributed by atoms with Crippen LogP contribution in [-0.4, -0.2) is 29.0 Å². The molecule has 1 aromatic rings. The van der Waals surface area contributed by atoms with Crippen LogP contribution in [0.4, 0.5) is 0 Å². The third-order valence-corrected chi connectivity index (χ3v) is 6.12. The normalized spacial score (nSPS) is 18.2. The first-order valence-corrected chi connectivity index (χ1v) is 9.76. The van der Waals surface area contributed by atoms with Crippen molar-refractivity contribution in [1.29, 1.82) is 0 Å². The van der Waals surface area contributed by atoms with Gasteiger partial charge in [-0.1, -0.05) is 31.4 Å². The Bertz CT molecular complexity index is 541. The Balaban J connectivity index is 1.81. The molecule has 0 heterocycles. The zero-order valence-corrected chi connectivity index (χ0v) is 14.9. The molecule has 0 bridgehead atoms. The van der Waals surface area contributed by atoms with E-state index in [1.165, 1.54) is 32.1 Å². The lowest BCUT2D eigenvalue weighted by Gasteiger charge is -2.22. The van der Waals surface area contributed by atoms with Gasteiger partial charge >= 0.3 is 0 Å². The van der Waals surface area contributed by atoms with Crippen molar-refractivity contribution in [1.82, 2.24) is 5.32 Å². The van der Waals surface area contributed by atoms with Crippen LogP contribution < -0.4 is 10.1 Å². The number of methoxy groups -OCH3 is 1. The molecule has 0 aromatic heterocycles. The molecule has 1 amide bonds. The number of rotatable bonds is 7. The SMILES string of the molecule is COc1cccc(CS(=O)C(C)C(=O)NCC2CCCCC2)c1. The molecule has 0 saturated heterocycles. The second kappa shape index (κ2) is 9.06. The van der Waals surface area contributed by atoms with Gasteiger partial charge < -0.3 is 10.1 Å². The Labute approximate surface area is 141 Å². The molecule has 1 aliphatic rings. The third-order valence-electron chi connectivity index (χ3n) is 4.50. The predicted octanol–water partition coefficient (Wildman–Crippen LogP) is 3.03. The highest BCUT2D eigenvalue weighted by atomic mass is 32.2. The molecule has 23 heavy (non-hydrogen) atoms. The van der Waals surface area contributed by atoms with Gasteiger partial charge in [0.15, 0.2) is 0 Å². The van der Waals surface area contributed by atoms with E-state index in [1.807, 2.05) is 24.3 Å². The summed E-state index contributed by atoms with van der Waals surface area (Å²) < 4.78 is 17.6. The number of amides is 1. The lowest BCUT2D eigenvalue weighted by Crippen LogP contribution is -2.38. The van der Waals surface area contributed by atoms with Gasteiger partial charge in [0, 0.05) is 23.1 Å². The summed E-state index contributed by atoms with van der Waals surface area (Å²) in [6, 6.07) is 7.50. The molecule has 1 aromatic carbocycles. The Morgan fingerprint density at radius 1 is 1.35 bits per heavy atom. The number of ether oxygens (including phenoxy) is 1. The maximum atomic E-state index is 12.4. The topological polar surface area (TPSA) is 55.4 Å². The number of benzene rings is 1. The van der Waals surface area contributed by atoms with Crippen molar-refractivity contribution in [2.45, 2.75) is 50.0 Å². The van der Waals surface area contributed by atoms with Crippen LogP contribution in [0.25, 0.3) is 0 Å². The number of hydrogen-bond donors (Lipinski definition) is 1. The van der Waals surface area contributed by atoms with Gasteiger partial charge in [-0.25, -0.2) is 0 Å². The zero-order valence-electron chi connectivity index (χ0n) is 14.0. The standard InChI is InChI=1S/C18H27NO3S/c1-14(18(20)19-12-15-7-4-3-5-8-15)23(21)13-16-9-6-10-17(11-16)22-2/h6,9-11,14-15H,3-5,7-8,12-13H2,1-2H3,(H,19,20). The monoisotopic (exact) mass is 337 g/mol. The molecule has 0 spiro atoms. The number of carbonyl (C=O) groups excluding carboxylic acids is 1. The Kier molecular flexibility index (Phi) is 7.09. The highest BCUT2D eigenvalue weighted by Gasteiger charge is 2.22. The Morgan fingerprint density at radius 3 is 2.78 bits per heavy atom. The van der Waals surface area contributed by atoms with E-state index in [9.17, 15) is 9.00 Å². The fourth-order valence-corrected chi connectivity index (χ4v) is 4.03. The Morgan fingerprint density at radius 2 is 2.09 bits per heavy atom. The lowest BCUT2D eigenvalue weighted by molar-refractivity contribution is -0.120. The van der Waals surface area contributed by atoms with Crippen molar-refractivity contribution in [3.05, 3.63) is 29.8 Å². The van der Waals surface area contributed by atoms with Crippen LogP contribution >= 0.6 is 0 Å². The molecule has 1 saturated carbocycles. The minimum atomic E-state index is -1.23. The van der Waals surface area contributed by atoms with Crippen molar-refractivity contribution in [3.63, 3.8) is 0 Å². The minimum absolute atomic E-state index is 0.100. The van der Waals surface area contributed by atoms with Crippen LogP contribution in [0, 0.1) is 5.92 Å². The zero-order chi connectivity index (χ0) is 16.7. The maximum absolute atomic E-state index is 12.4. The summed E-state index contributed by atoms with van der Waals surface area (Å²) >= 11 is 0. The molecule has 1 fully saturated rings. The molecule has 1 aliphatic carbocycles. The quantitative estimate of drug-likeness (QED) is 0.832. The van der Waals surface area contributed by atoms with Crippen LogP contribution in [0.3, 0.4) is 0 Å². The summed E-state index contributed by atoms with van der Waals surface area (Å²) in [6.45, 7) is 2.46. The third kappa shape index (κ3) is 5.65. The van der Waals surface area contributed by atoms with E-state index in [1.54, 1.807) is 14.0 Å². The molecule has 128 valence electrons. The largest absolute Gasteiger partial charge is 0.497 e. The number of nitrogens with one attached hydrogen (secondary N) is 1. The van der Waals surface area contributed by atoms with Gasteiger partial charge in [0.25, 0.3) is 0 Å². The molecule has 0 radical (unpaired) electrons. The molecule has 4 nitrogen and oxygen atoms in total. The molecule has 0 aliphatic heterocycles. The predicted molar refractivity (Wildman–Crippen MR) is 93.9 cm³/mol. The van der Waals surface area contributed by atoms with Crippen LogP contribution in [-0.2, 0) is 21.3 Å². The fraction of sp³-hybridized carbons (Fsp3) is 0.611. The maximum Gasteiger partial charge on any atom is 0.235 e. The van der Waals surface area contributed by atoms with E-state index in [2.05, 4.69) is 5.32 Å². The van der Waals surface area contributed by atoms with Gasteiger partial charge in [-0.2, -0.15) is 0 Å². The lowest BCUT2D eigenvalue weighted by atomic mass is 9.89. The summed E-state index contributed by atoms with van der Waals surface area (Å²) in [7, 11) is 0.378. The van der Waals surface area contributed by atoms with E-state index < -0.39 is 16.0 Å². The van der Waals surface area contributed by atoms with Gasteiger partial charge in [-0.15, -0.1) is 0 Å². The molecular formula is C18H27NO3S. The van der Waals surface area contributed by atoms with E-state index >= 15 is 0 Å². The van der Waals surface area contributed by atoms with Gasteiger partial charge in [0.1, 0.15) is 11.0 Å². The van der Waals surface area contributed by atoms with Crippen LogP contribution in [0.1, 0.15) is 44.6 Å². The highest BCUT2D eigenvalue weighted by Crippen LogP contribution is 2.22. The van der Waals surface area contributed by atoms with Crippen LogP contribution in [0.2, 0.25) is 0 Å². The number of carbonyl (C=O) groups is 1. The van der Waals surface area contributed by atoms with E-state index in [0.29, 0.717) is 11.7 Å². The second-order valence-corrected chi connectivity index (χ2v) is 8.03. The first-order valence-electron chi connectivity index (χ1n) is 8.38. The molecule has 2 rings (SSSR count). The molecule has 1 N–H and O–H groups in total. The fourth-order valence-electron chi connectivity index (χ4n) is 2.95. The molecule has 2 atom stereocenters. The molecule has 2 unspecified atom stereocenters. The summed E-state index contributed by atoms with van der Waals surface area (Å²) in [5, 5.41) is 2.49. The summed E-state index contributed by atoms with van der Waals surface area (Å²) in [5.41, 5.74) is 0.926. The van der Waals surface area contributed by atoms with Gasteiger partial charge in [0.2, 0.25) is 5.91 Å².